The van der Waals surface area contributed by atoms with Crippen molar-refractivity contribution in [1.82, 2.24) is 14.3 Å². The van der Waals surface area contributed by atoms with Gasteiger partial charge in [-0.25, -0.2) is 18.4 Å². The Labute approximate surface area is 153 Å². The highest BCUT2D eigenvalue weighted by atomic mass is 32.2. The van der Waals surface area contributed by atoms with Crippen molar-refractivity contribution in [3.05, 3.63) is 46.8 Å². The van der Waals surface area contributed by atoms with Crippen molar-refractivity contribution in [1.29, 1.82) is 0 Å². The number of nitrogens with zero attached hydrogens (tertiary/aromatic N) is 4. The van der Waals surface area contributed by atoms with Gasteiger partial charge in [0.05, 0.1) is 30.3 Å². The van der Waals surface area contributed by atoms with E-state index in [9.17, 15) is 8.42 Å². The summed E-state index contributed by atoms with van der Waals surface area (Å²) in [6.45, 7) is 7.21. The van der Waals surface area contributed by atoms with Crippen LogP contribution in [0.25, 0.3) is 0 Å². The lowest BCUT2D eigenvalue weighted by atomic mass is 10.2. The zero-order chi connectivity index (χ0) is 18.3. The number of aryl methyl sites for hydroxylation is 2. The van der Waals surface area contributed by atoms with Gasteiger partial charge in [-0.05, 0) is 25.5 Å². The lowest BCUT2D eigenvalue weighted by molar-refractivity contribution is 0.122. The molecule has 0 N–H and O–H groups in total. The van der Waals surface area contributed by atoms with E-state index in [1.807, 2.05) is 26.0 Å². The fourth-order valence-corrected chi connectivity index (χ4v) is 5.01. The van der Waals surface area contributed by atoms with Crippen molar-refractivity contribution in [2.75, 3.05) is 31.2 Å². The zero-order valence-corrected chi connectivity index (χ0v) is 15.8. The van der Waals surface area contributed by atoms with Gasteiger partial charge in [0.15, 0.2) is 0 Å². The van der Waals surface area contributed by atoms with E-state index in [2.05, 4.69) is 14.9 Å². The highest BCUT2D eigenvalue weighted by Crippen LogP contribution is 2.30. The van der Waals surface area contributed by atoms with Crippen LogP contribution in [0, 0.1) is 13.8 Å². The maximum Gasteiger partial charge on any atom is 0.243 e. The molecule has 0 atom stereocenters. The summed E-state index contributed by atoms with van der Waals surface area (Å²) in [5.74, 6) is 0.651. The van der Waals surface area contributed by atoms with Crippen molar-refractivity contribution in [3.8, 4) is 0 Å². The third kappa shape index (κ3) is 3.08. The van der Waals surface area contributed by atoms with Gasteiger partial charge in [-0.15, -0.1) is 0 Å². The van der Waals surface area contributed by atoms with Crippen LogP contribution in [0.15, 0.2) is 29.3 Å². The molecule has 7 nitrogen and oxygen atoms in total. The van der Waals surface area contributed by atoms with Crippen molar-refractivity contribution >= 4 is 16.0 Å². The first-order valence-corrected chi connectivity index (χ1v) is 10.1. The van der Waals surface area contributed by atoms with Crippen molar-refractivity contribution in [3.63, 3.8) is 0 Å². The second-order valence-corrected chi connectivity index (χ2v) is 8.69. The molecule has 2 aromatic rings. The molecule has 26 heavy (non-hydrogen) atoms. The normalized spacial score (nSPS) is 18.2. The number of aromatic nitrogens is 2. The Morgan fingerprint density at radius 3 is 2.62 bits per heavy atom. The third-order valence-electron chi connectivity index (χ3n) is 4.86. The molecular formula is C18H22N4O3S. The van der Waals surface area contributed by atoms with Crippen molar-refractivity contribution in [2.45, 2.75) is 31.8 Å². The summed E-state index contributed by atoms with van der Waals surface area (Å²) < 4.78 is 33.0. The predicted molar refractivity (Wildman–Crippen MR) is 97.4 cm³/mol. The van der Waals surface area contributed by atoms with Crippen LogP contribution in [-0.4, -0.2) is 49.0 Å². The quantitative estimate of drug-likeness (QED) is 0.813. The van der Waals surface area contributed by atoms with Gasteiger partial charge in [0, 0.05) is 31.4 Å². The molecule has 1 aromatic carbocycles. The molecule has 1 saturated heterocycles. The molecular weight excluding hydrogens is 352 g/mol. The highest BCUT2D eigenvalue weighted by Gasteiger charge is 2.33. The molecule has 1 aromatic heterocycles. The summed E-state index contributed by atoms with van der Waals surface area (Å²) in [6, 6.07) is 5.42. The Bertz CT molecular complexity index is 939. The Morgan fingerprint density at radius 1 is 1.12 bits per heavy atom. The van der Waals surface area contributed by atoms with Gasteiger partial charge < -0.3 is 9.64 Å². The Kier molecular flexibility index (Phi) is 4.42. The molecule has 2 aliphatic rings. The number of hydrogen-bond acceptors (Lipinski definition) is 6. The number of rotatable bonds is 3. The second kappa shape index (κ2) is 6.61. The molecule has 8 heteroatoms. The van der Waals surface area contributed by atoms with E-state index < -0.39 is 10.0 Å². The summed E-state index contributed by atoms with van der Waals surface area (Å²) in [7, 11) is -3.56. The Morgan fingerprint density at radius 2 is 1.88 bits per heavy atom. The number of morpholine rings is 1. The SMILES string of the molecule is Cc1ccc(S(=O)(=O)N2Cc3cnc(N4CCOCC4)nc3C2)c(C)c1. The smallest absolute Gasteiger partial charge is 0.243 e. The fourth-order valence-electron chi connectivity index (χ4n) is 3.43. The molecule has 0 saturated carbocycles. The van der Waals surface area contributed by atoms with Gasteiger partial charge in [-0.1, -0.05) is 17.7 Å². The summed E-state index contributed by atoms with van der Waals surface area (Å²) in [6.07, 6.45) is 1.75. The van der Waals surface area contributed by atoms with E-state index in [1.165, 1.54) is 4.31 Å². The first kappa shape index (κ1) is 17.4. The van der Waals surface area contributed by atoms with Gasteiger partial charge in [0.2, 0.25) is 16.0 Å². The average molecular weight is 374 g/mol. The molecule has 0 spiro atoms. The summed E-state index contributed by atoms with van der Waals surface area (Å²) >= 11 is 0. The molecule has 0 unspecified atom stereocenters. The zero-order valence-electron chi connectivity index (χ0n) is 15.0. The van der Waals surface area contributed by atoms with Gasteiger partial charge in [0.1, 0.15) is 0 Å². The van der Waals surface area contributed by atoms with Crippen LogP contribution in [-0.2, 0) is 27.8 Å². The molecule has 4 rings (SSSR count). The van der Waals surface area contributed by atoms with E-state index in [-0.39, 0.29) is 6.54 Å². The van der Waals surface area contributed by atoms with Gasteiger partial charge in [-0.2, -0.15) is 4.31 Å². The van der Waals surface area contributed by atoms with Crippen LogP contribution in [0.3, 0.4) is 0 Å². The van der Waals surface area contributed by atoms with Crippen LogP contribution in [0.4, 0.5) is 5.95 Å². The topological polar surface area (TPSA) is 75.6 Å². The predicted octanol–water partition coefficient (Wildman–Crippen LogP) is 1.63. The highest BCUT2D eigenvalue weighted by molar-refractivity contribution is 7.89. The molecule has 0 amide bonds. The van der Waals surface area contributed by atoms with E-state index in [1.54, 1.807) is 12.3 Å². The molecule has 138 valence electrons. The van der Waals surface area contributed by atoms with E-state index >= 15 is 0 Å². The average Bonchev–Trinajstić information content (AvgIpc) is 3.06. The minimum Gasteiger partial charge on any atom is -0.378 e. The van der Waals surface area contributed by atoms with Crippen LogP contribution in [0.1, 0.15) is 22.4 Å². The van der Waals surface area contributed by atoms with Crippen LogP contribution in [0.2, 0.25) is 0 Å². The van der Waals surface area contributed by atoms with Gasteiger partial charge in [0.25, 0.3) is 0 Å². The van der Waals surface area contributed by atoms with Crippen LogP contribution >= 0.6 is 0 Å². The lowest BCUT2D eigenvalue weighted by Gasteiger charge is -2.26. The monoisotopic (exact) mass is 374 g/mol. The van der Waals surface area contributed by atoms with Crippen molar-refractivity contribution < 1.29 is 13.2 Å². The Balaban J connectivity index is 1.59. The molecule has 2 aliphatic heterocycles. The molecule has 0 aliphatic carbocycles. The summed E-state index contributed by atoms with van der Waals surface area (Å²) in [5, 5.41) is 0. The number of fused-ring (bicyclic) bond motifs is 1. The molecule has 3 heterocycles. The third-order valence-corrected chi connectivity index (χ3v) is 6.81. The lowest BCUT2D eigenvalue weighted by Crippen LogP contribution is -2.37. The maximum absolute atomic E-state index is 13.1. The standard InChI is InChI=1S/C18H22N4O3S/c1-13-3-4-17(14(2)9-13)26(23,24)22-11-15-10-19-18(20-16(15)12-22)21-5-7-25-8-6-21/h3-4,9-10H,5-8,11-12H2,1-2H3. The maximum atomic E-state index is 13.1. The number of hydrogen-bond donors (Lipinski definition) is 0. The Hall–Kier alpha value is -2.03. The van der Waals surface area contributed by atoms with Gasteiger partial charge >= 0.3 is 0 Å². The number of sulfonamides is 1. The number of ether oxygens (including phenoxy) is 1. The molecule has 0 bridgehead atoms. The molecule has 0 radical (unpaired) electrons. The summed E-state index contributed by atoms with van der Waals surface area (Å²) in [5.41, 5.74) is 3.47. The van der Waals surface area contributed by atoms with Crippen LogP contribution < -0.4 is 4.90 Å². The van der Waals surface area contributed by atoms with Crippen molar-refractivity contribution in [2.24, 2.45) is 0 Å². The van der Waals surface area contributed by atoms with Gasteiger partial charge in [-0.3, -0.25) is 0 Å². The van der Waals surface area contributed by atoms with E-state index in [0.29, 0.717) is 30.6 Å². The largest absolute Gasteiger partial charge is 0.378 e. The minimum atomic E-state index is -3.56. The van der Waals surface area contributed by atoms with E-state index in [0.717, 1.165) is 35.5 Å². The first-order valence-electron chi connectivity index (χ1n) is 8.70. The number of benzene rings is 1. The second-order valence-electron chi connectivity index (χ2n) is 6.78. The minimum absolute atomic E-state index is 0.283. The molecule has 1 fully saturated rings. The first-order chi connectivity index (χ1) is 12.4. The van der Waals surface area contributed by atoms with Crippen LogP contribution in [0.5, 0.6) is 0 Å². The number of anilines is 1. The fraction of sp³-hybridized carbons (Fsp3) is 0.444. The van der Waals surface area contributed by atoms with E-state index in [4.69, 9.17) is 4.74 Å². The summed E-state index contributed by atoms with van der Waals surface area (Å²) in [4.78, 5) is 11.5.